The van der Waals surface area contributed by atoms with Gasteiger partial charge in [0.2, 0.25) is 0 Å². The van der Waals surface area contributed by atoms with Gasteiger partial charge in [0.1, 0.15) is 6.10 Å². The van der Waals surface area contributed by atoms with E-state index in [1.54, 1.807) is 0 Å². The summed E-state index contributed by atoms with van der Waals surface area (Å²) in [7, 11) is 0. The molecule has 3 fully saturated rings. The molecule has 9 atom stereocenters. The van der Waals surface area contributed by atoms with E-state index in [1.807, 2.05) is 0 Å². The molecule has 1 N–H and O–H groups in total. The summed E-state index contributed by atoms with van der Waals surface area (Å²) in [5.74, 6) is 2.47. The second-order valence-corrected chi connectivity index (χ2v) is 12.7. The summed E-state index contributed by atoms with van der Waals surface area (Å²) in [6.07, 6.45) is 12.4. The van der Waals surface area contributed by atoms with Crippen molar-refractivity contribution in [3.05, 3.63) is 12.2 Å². The van der Waals surface area contributed by atoms with Gasteiger partial charge in [0, 0.05) is 11.8 Å². The van der Waals surface area contributed by atoms with Crippen molar-refractivity contribution in [3.63, 3.8) is 0 Å². The molecule has 3 rings (SSSR count). The fourth-order valence-corrected chi connectivity index (χ4v) is 7.93. The Morgan fingerprint density at radius 2 is 1.83 bits per heavy atom. The molecule has 0 aromatic rings. The first-order valence-electron chi connectivity index (χ1n) is 14.8. The van der Waals surface area contributed by atoms with Gasteiger partial charge < -0.3 is 14.6 Å². The van der Waals surface area contributed by atoms with Crippen LogP contribution in [0.25, 0.3) is 0 Å². The predicted molar refractivity (Wildman–Crippen MR) is 143 cm³/mol. The molecule has 0 spiro atoms. The number of aliphatic hydroxyl groups excluding tert-OH is 1. The van der Waals surface area contributed by atoms with E-state index < -0.39 is 6.29 Å². The maximum Gasteiger partial charge on any atom is 0.306 e. The highest BCUT2D eigenvalue weighted by Gasteiger charge is 2.58. The molecule has 35 heavy (non-hydrogen) atoms. The lowest BCUT2D eigenvalue weighted by molar-refractivity contribution is -0.161. The van der Waals surface area contributed by atoms with Gasteiger partial charge in [-0.25, -0.2) is 0 Å². The highest BCUT2D eigenvalue weighted by Crippen LogP contribution is 2.63. The van der Waals surface area contributed by atoms with E-state index in [1.165, 1.54) is 24.8 Å². The summed E-state index contributed by atoms with van der Waals surface area (Å²) in [6, 6.07) is 0. The Bertz CT molecular complexity index is 719. The number of aliphatic hydroxyl groups is 1. The number of carbonyl (C=O) groups excluding carboxylic acids is 1. The molecule has 0 amide bonds. The van der Waals surface area contributed by atoms with Crippen LogP contribution in [0.1, 0.15) is 125 Å². The van der Waals surface area contributed by atoms with Crippen LogP contribution in [0.4, 0.5) is 0 Å². The third kappa shape index (κ3) is 6.17. The van der Waals surface area contributed by atoms with Crippen molar-refractivity contribution in [1.82, 2.24) is 0 Å². The van der Waals surface area contributed by atoms with Crippen LogP contribution in [0, 0.1) is 34.5 Å². The van der Waals surface area contributed by atoms with Crippen molar-refractivity contribution >= 4 is 5.97 Å². The summed E-state index contributed by atoms with van der Waals surface area (Å²) >= 11 is 0. The number of carbonyl (C=O) groups is 1. The van der Waals surface area contributed by atoms with Crippen LogP contribution in [0.15, 0.2) is 12.2 Å². The number of hydrogen-bond acceptors (Lipinski definition) is 4. The molecule has 0 saturated heterocycles. The molecular weight excluding hydrogens is 436 g/mol. The van der Waals surface area contributed by atoms with Crippen LogP contribution in [0.5, 0.6) is 0 Å². The van der Waals surface area contributed by atoms with Crippen molar-refractivity contribution in [2.75, 3.05) is 0 Å². The van der Waals surface area contributed by atoms with Gasteiger partial charge in [-0.1, -0.05) is 73.0 Å². The molecular formula is C31H54O4. The average Bonchev–Trinajstić information content (AvgIpc) is 3.15. The van der Waals surface area contributed by atoms with E-state index >= 15 is 0 Å². The van der Waals surface area contributed by atoms with E-state index in [-0.39, 0.29) is 29.0 Å². The predicted octanol–water partition coefficient (Wildman–Crippen LogP) is 7.83. The lowest BCUT2D eigenvalue weighted by Gasteiger charge is -2.55. The Balaban J connectivity index is 1.65. The van der Waals surface area contributed by atoms with Crippen molar-refractivity contribution in [1.29, 1.82) is 0 Å². The fourth-order valence-electron chi connectivity index (χ4n) is 7.93. The molecule has 202 valence electrons. The molecule has 0 bridgehead atoms. The molecule has 3 saturated carbocycles. The summed E-state index contributed by atoms with van der Waals surface area (Å²) in [5.41, 5.74) is 1.55. The van der Waals surface area contributed by atoms with Crippen LogP contribution in [-0.4, -0.2) is 29.6 Å². The largest absolute Gasteiger partial charge is 0.462 e. The lowest BCUT2D eigenvalue weighted by Crippen LogP contribution is -2.50. The third-order valence-corrected chi connectivity index (χ3v) is 10.6. The molecule has 0 heterocycles. The van der Waals surface area contributed by atoms with E-state index in [9.17, 15) is 9.90 Å². The van der Waals surface area contributed by atoms with E-state index in [4.69, 9.17) is 9.47 Å². The van der Waals surface area contributed by atoms with Gasteiger partial charge in [-0.15, -0.1) is 0 Å². The zero-order valence-corrected chi connectivity index (χ0v) is 23.6. The maximum atomic E-state index is 12.7. The van der Waals surface area contributed by atoms with Gasteiger partial charge in [0.15, 0.2) is 6.29 Å². The Kier molecular flexibility index (Phi) is 9.93. The first kappa shape index (κ1) is 28.7. The van der Waals surface area contributed by atoms with Crippen molar-refractivity contribution in [2.24, 2.45) is 34.5 Å². The Morgan fingerprint density at radius 1 is 1.09 bits per heavy atom. The fraction of sp³-hybridized carbons (Fsp3) is 0.903. The Hall–Kier alpha value is -0.870. The minimum Gasteiger partial charge on any atom is -0.462 e. The molecule has 9 unspecified atom stereocenters. The zero-order chi connectivity index (χ0) is 25.8. The topological polar surface area (TPSA) is 55.8 Å². The first-order chi connectivity index (χ1) is 16.6. The summed E-state index contributed by atoms with van der Waals surface area (Å²) in [5, 5.41) is 10.2. The van der Waals surface area contributed by atoms with E-state index in [0.29, 0.717) is 36.5 Å². The SMILES string of the molecule is C=C1CC(OC(O)CCC)CCC1(C)C1CCC2(C)C(OC(=O)CCC(C)CC)CCC2C1CC. The van der Waals surface area contributed by atoms with Crippen LogP contribution in [-0.2, 0) is 14.3 Å². The van der Waals surface area contributed by atoms with Gasteiger partial charge in [-0.2, -0.15) is 0 Å². The number of ether oxygens (including phenoxy) is 2. The molecule has 3 aliphatic carbocycles. The van der Waals surface area contributed by atoms with Crippen molar-refractivity contribution < 1.29 is 19.4 Å². The lowest BCUT2D eigenvalue weighted by atomic mass is 9.50. The minimum atomic E-state index is -0.649. The maximum absolute atomic E-state index is 12.7. The molecule has 0 aromatic carbocycles. The van der Waals surface area contributed by atoms with E-state index in [0.717, 1.165) is 51.4 Å². The van der Waals surface area contributed by atoms with Gasteiger partial charge >= 0.3 is 5.97 Å². The van der Waals surface area contributed by atoms with Gasteiger partial charge in [0.05, 0.1) is 6.10 Å². The molecule has 0 radical (unpaired) electrons. The van der Waals surface area contributed by atoms with Gasteiger partial charge in [-0.3, -0.25) is 4.79 Å². The standard InChI is InChI=1S/C31H54O4/c1-8-11-28(32)34-23-16-18-30(6,22(5)20-23)26-17-19-31(7)25(24(26)10-3)13-14-27(31)35-29(33)15-12-21(4)9-2/h21,23-28,32H,5,8-20H2,1-4,6-7H3. The second-order valence-electron chi connectivity index (χ2n) is 12.7. The average molecular weight is 491 g/mol. The second kappa shape index (κ2) is 12.1. The van der Waals surface area contributed by atoms with Gasteiger partial charge in [-0.05, 0) is 86.9 Å². The molecule has 0 aliphatic heterocycles. The normalized spacial score (nSPS) is 39.2. The smallest absolute Gasteiger partial charge is 0.306 e. The molecule has 3 aliphatic rings. The number of fused-ring (bicyclic) bond motifs is 1. The van der Waals surface area contributed by atoms with Gasteiger partial charge in [0.25, 0.3) is 0 Å². The van der Waals surface area contributed by atoms with Crippen molar-refractivity contribution in [3.8, 4) is 0 Å². The highest BCUT2D eigenvalue weighted by atomic mass is 16.6. The molecule has 4 heteroatoms. The molecule has 4 nitrogen and oxygen atoms in total. The Labute approximate surface area is 215 Å². The van der Waals surface area contributed by atoms with Crippen LogP contribution < -0.4 is 0 Å². The summed E-state index contributed by atoms with van der Waals surface area (Å²) in [4.78, 5) is 12.7. The number of esters is 1. The summed E-state index contributed by atoms with van der Waals surface area (Å²) < 4.78 is 12.1. The summed E-state index contributed by atoms with van der Waals surface area (Å²) in [6.45, 7) is 18.3. The molecule has 0 aromatic heterocycles. The number of hydrogen-bond donors (Lipinski definition) is 1. The van der Waals surface area contributed by atoms with E-state index in [2.05, 4.69) is 48.1 Å². The first-order valence-corrected chi connectivity index (χ1v) is 14.8. The van der Waals surface area contributed by atoms with Crippen LogP contribution >= 0.6 is 0 Å². The Morgan fingerprint density at radius 3 is 2.46 bits per heavy atom. The quantitative estimate of drug-likeness (QED) is 0.182. The number of rotatable bonds is 11. The van der Waals surface area contributed by atoms with Crippen LogP contribution in [0.2, 0.25) is 0 Å². The minimum absolute atomic E-state index is 0.0104. The zero-order valence-electron chi connectivity index (χ0n) is 23.6. The van der Waals surface area contributed by atoms with Crippen molar-refractivity contribution in [2.45, 2.75) is 144 Å². The van der Waals surface area contributed by atoms with Crippen LogP contribution in [0.3, 0.4) is 0 Å². The highest BCUT2D eigenvalue weighted by molar-refractivity contribution is 5.69. The third-order valence-electron chi connectivity index (χ3n) is 10.6. The monoisotopic (exact) mass is 490 g/mol.